The molecule has 0 spiro atoms. The topological polar surface area (TPSA) is 83.1 Å². The standard InChI is InChI=1S/C21H26N4O2.2ClH/c26-20(18-6-2-1-3-7-18)25-19(13-17-5-4-10-22-15-17)21(27)24-12-9-16-8-11-23-14-16;;/h1-7,10,15-16,19,23H,8-9,11-14H2,(H,24,27)(H,25,26);2*1H. The zero-order valence-electron chi connectivity index (χ0n) is 16.2. The van der Waals surface area contributed by atoms with Gasteiger partial charge in [0.1, 0.15) is 6.04 Å². The average molecular weight is 439 g/mol. The smallest absolute Gasteiger partial charge is 0.251 e. The molecule has 1 fully saturated rings. The maximum atomic E-state index is 12.7. The minimum Gasteiger partial charge on any atom is -0.354 e. The SMILES string of the molecule is Cl.Cl.O=C(NC(Cc1cccnc1)C(=O)NCCC1CCNC1)c1ccccc1. The quantitative estimate of drug-likeness (QED) is 0.590. The van der Waals surface area contributed by atoms with Gasteiger partial charge in [-0.05, 0) is 55.6 Å². The average Bonchev–Trinajstić information content (AvgIpc) is 3.22. The van der Waals surface area contributed by atoms with E-state index in [1.54, 1.807) is 36.7 Å². The highest BCUT2D eigenvalue weighted by atomic mass is 35.5. The van der Waals surface area contributed by atoms with Crippen molar-refractivity contribution in [3.63, 3.8) is 0 Å². The van der Waals surface area contributed by atoms with Crippen LogP contribution in [0.5, 0.6) is 0 Å². The monoisotopic (exact) mass is 438 g/mol. The van der Waals surface area contributed by atoms with E-state index in [4.69, 9.17) is 0 Å². The molecular weight excluding hydrogens is 411 g/mol. The Kier molecular flexibility index (Phi) is 11.3. The second-order valence-corrected chi connectivity index (χ2v) is 6.90. The Morgan fingerprint density at radius 1 is 1.14 bits per heavy atom. The molecule has 1 aromatic heterocycles. The molecule has 0 aliphatic carbocycles. The molecule has 1 aliphatic heterocycles. The van der Waals surface area contributed by atoms with Crippen LogP contribution in [0.25, 0.3) is 0 Å². The number of rotatable bonds is 8. The summed E-state index contributed by atoms with van der Waals surface area (Å²) in [6, 6.07) is 12.0. The van der Waals surface area contributed by atoms with E-state index in [1.807, 2.05) is 18.2 Å². The van der Waals surface area contributed by atoms with Gasteiger partial charge in [-0.25, -0.2) is 0 Å². The van der Waals surface area contributed by atoms with E-state index < -0.39 is 6.04 Å². The van der Waals surface area contributed by atoms with Crippen molar-refractivity contribution in [3.05, 3.63) is 66.0 Å². The van der Waals surface area contributed by atoms with Gasteiger partial charge in [-0.2, -0.15) is 0 Å². The summed E-state index contributed by atoms with van der Waals surface area (Å²) in [7, 11) is 0. The van der Waals surface area contributed by atoms with E-state index in [0.717, 1.165) is 31.5 Å². The van der Waals surface area contributed by atoms with E-state index >= 15 is 0 Å². The molecule has 3 N–H and O–H groups in total. The fraction of sp³-hybridized carbons (Fsp3) is 0.381. The molecule has 0 saturated carbocycles. The van der Waals surface area contributed by atoms with Gasteiger partial charge in [-0.15, -0.1) is 24.8 Å². The number of nitrogens with zero attached hydrogens (tertiary/aromatic N) is 1. The first-order valence-corrected chi connectivity index (χ1v) is 9.45. The van der Waals surface area contributed by atoms with E-state index in [-0.39, 0.29) is 36.6 Å². The highest BCUT2D eigenvalue weighted by Gasteiger charge is 2.22. The number of benzene rings is 1. The number of amides is 2. The van der Waals surface area contributed by atoms with Crippen molar-refractivity contribution in [2.24, 2.45) is 5.92 Å². The van der Waals surface area contributed by atoms with Crippen LogP contribution >= 0.6 is 24.8 Å². The Hall–Kier alpha value is -2.15. The van der Waals surface area contributed by atoms with E-state index in [9.17, 15) is 9.59 Å². The minimum atomic E-state index is -0.636. The molecule has 2 amide bonds. The van der Waals surface area contributed by atoms with Crippen molar-refractivity contribution in [1.82, 2.24) is 20.9 Å². The summed E-state index contributed by atoms with van der Waals surface area (Å²) in [6.45, 7) is 2.69. The Balaban J connectivity index is 0.00000210. The normalized spacial score (nSPS) is 16.1. The van der Waals surface area contributed by atoms with E-state index in [2.05, 4.69) is 20.9 Å². The van der Waals surface area contributed by atoms with Gasteiger partial charge < -0.3 is 16.0 Å². The van der Waals surface area contributed by atoms with Crippen molar-refractivity contribution in [1.29, 1.82) is 0 Å². The number of nitrogens with one attached hydrogen (secondary N) is 3. The van der Waals surface area contributed by atoms with Gasteiger partial charge in [0.05, 0.1) is 0 Å². The van der Waals surface area contributed by atoms with Crippen LogP contribution in [-0.4, -0.2) is 42.5 Å². The van der Waals surface area contributed by atoms with Crippen molar-refractivity contribution in [2.45, 2.75) is 25.3 Å². The second kappa shape index (κ2) is 13.1. The fourth-order valence-corrected chi connectivity index (χ4v) is 3.28. The largest absolute Gasteiger partial charge is 0.354 e. The van der Waals surface area contributed by atoms with Crippen LogP contribution in [0.15, 0.2) is 54.9 Å². The highest BCUT2D eigenvalue weighted by Crippen LogP contribution is 2.11. The fourth-order valence-electron chi connectivity index (χ4n) is 3.28. The maximum Gasteiger partial charge on any atom is 0.251 e. The molecule has 1 saturated heterocycles. The molecule has 3 rings (SSSR count). The van der Waals surface area contributed by atoms with Gasteiger partial charge in [-0.3, -0.25) is 14.6 Å². The van der Waals surface area contributed by atoms with Crippen molar-refractivity contribution >= 4 is 36.6 Å². The van der Waals surface area contributed by atoms with Crippen LogP contribution in [0.4, 0.5) is 0 Å². The molecule has 1 aliphatic rings. The van der Waals surface area contributed by atoms with Gasteiger partial charge in [-0.1, -0.05) is 24.3 Å². The maximum absolute atomic E-state index is 12.7. The molecule has 2 unspecified atom stereocenters. The predicted octanol–water partition coefficient (Wildman–Crippen LogP) is 2.38. The Morgan fingerprint density at radius 2 is 1.93 bits per heavy atom. The minimum absolute atomic E-state index is 0. The van der Waals surface area contributed by atoms with Crippen LogP contribution in [0.2, 0.25) is 0 Å². The zero-order chi connectivity index (χ0) is 18.9. The summed E-state index contributed by atoms with van der Waals surface area (Å²) in [5.74, 6) is 0.203. The molecule has 0 radical (unpaired) electrons. The number of carbonyl (C=O) groups is 2. The Labute approximate surface area is 184 Å². The first kappa shape index (κ1) is 24.9. The van der Waals surface area contributed by atoms with Crippen LogP contribution in [0, 0.1) is 5.92 Å². The van der Waals surface area contributed by atoms with E-state index in [0.29, 0.717) is 24.4 Å². The third kappa shape index (κ3) is 8.01. The van der Waals surface area contributed by atoms with Gasteiger partial charge in [0.15, 0.2) is 0 Å². The number of hydrogen-bond acceptors (Lipinski definition) is 4. The Morgan fingerprint density at radius 3 is 2.59 bits per heavy atom. The van der Waals surface area contributed by atoms with Crippen molar-refractivity contribution in [2.75, 3.05) is 19.6 Å². The van der Waals surface area contributed by atoms with Crippen LogP contribution in [0.1, 0.15) is 28.8 Å². The lowest BCUT2D eigenvalue weighted by Crippen LogP contribution is -2.48. The van der Waals surface area contributed by atoms with Crippen molar-refractivity contribution < 1.29 is 9.59 Å². The first-order valence-electron chi connectivity index (χ1n) is 9.45. The van der Waals surface area contributed by atoms with Crippen LogP contribution in [0.3, 0.4) is 0 Å². The molecule has 2 heterocycles. The summed E-state index contributed by atoms with van der Waals surface area (Å²) in [5.41, 5.74) is 1.45. The summed E-state index contributed by atoms with van der Waals surface area (Å²) < 4.78 is 0. The van der Waals surface area contributed by atoms with Gasteiger partial charge in [0, 0.05) is 30.9 Å². The molecule has 8 heteroatoms. The summed E-state index contributed by atoms with van der Waals surface area (Å²) in [6.07, 6.45) is 5.92. The zero-order valence-corrected chi connectivity index (χ0v) is 17.8. The third-order valence-corrected chi connectivity index (χ3v) is 4.83. The molecule has 6 nitrogen and oxygen atoms in total. The number of carbonyl (C=O) groups excluding carboxylic acids is 2. The van der Waals surface area contributed by atoms with Crippen LogP contribution in [-0.2, 0) is 11.2 Å². The third-order valence-electron chi connectivity index (χ3n) is 4.83. The van der Waals surface area contributed by atoms with Crippen molar-refractivity contribution in [3.8, 4) is 0 Å². The molecule has 1 aromatic carbocycles. The lowest BCUT2D eigenvalue weighted by Gasteiger charge is -2.19. The summed E-state index contributed by atoms with van der Waals surface area (Å²) in [4.78, 5) is 29.3. The van der Waals surface area contributed by atoms with Gasteiger partial charge in [0.25, 0.3) is 5.91 Å². The molecule has 2 atom stereocenters. The van der Waals surface area contributed by atoms with Crippen LogP contribution < -0.4 is 16.0 Å². The Bertz CT molecular complexity index is 741. The van der Waals surface area contributed by atoms with E-state index in [1.165, 1.54) is 0 Å². The number of hydrogen-bond donors (Lipinski definition) is 3. The molecule has 0 bridgehead atoms. The van der Waals surface area contributed by atoms with Gasteiger partial charge in [0.2, 0.25) is 5.91 Å². The lowest BCUT2D eigenvalue weighted by atomic mass is 10.0. The summed E-state index contributed by atoms with van der Waals surface area (Å²) >= 11 is 0. The molecule has 29 heavy (non-hydrogen) atoms. The van der Waals surface area contributed by atoms with Gasteiger partial charge >= 0.3 is 0 Å². The molecule has 2 aromatic rings. The first-order chi connectivity index (χ1) is 13.2. The highest BCUT2D eigenvalue weighted by molar-refractivity contribution is 5.97. The number of aromatic nitrogens is 1. The number of halogens is 2. The molecular formula is C21H28Cl2N4O2. The lowest BCUT2D eigenvalue weighted by molar-refractivity contribution is -0.123. The predicted molar refractivity (Wildman–Crippen MR) is 119 cm³/mol. The molecule has 158 valence electrons. The second-order valence-electron chi connectivity index (χ2n) is 6.90. The summed E-state index contributed by atoms with van der Waals surface area (Å²) in [5, 5.41) is 9.19. The number of pyridine rings is 1.